The summed E-state index contributed by atoms with van der Waals surface area (Å²) in [6.07, 6.45) is 2.12. The Labute approximate surface area is 120 Å². The first kappa shape index (κ1) is 14.9. The zero-order valence-corrected chi connectivity index (χ0v) is 12.6. The van der Waals surface area contributed by atoms with E-state index in [2.05, 4.69) is 0 Å². The summed E-state index contributed by atoms with van der Waals surface area (Å²) in [4.78, 5) is 14.0. The summed E-state index contributed by atoms with van der Waals surface area (Å²) in [7, 11) is 1.79. The van der Waals surface area contributed by atoms with E-state index in [1.54, 1.807) is 11.9 Å². The van der Waals surface area contributed by atoms with Gasteiger partial charge in [0.2, 0.25) is 5.91 Å². The number of rotatable bonds is 6. The SMILES string of the molecule is Cc1ccccc1OCCN(C)C(=O)C(C)(N)C1CC1. The van der Waals surface area contributed by atoms with Crippen LogP contribution in [0.4, 0.5) is 0 Å². The summed E-state index contributed by atoms with van der Waals surface area (Å²) in [6, 6.07) is 7.87. The number of likely N-dealkylation sites (N-methyl/N-ethyl adjacent to an activating group) is 1. The van der Waals surface area contributed by atoms with Crippen molar-refractivity contribution in [3.05, 3.63) is 29.8 Å². The monoisotopic (exact) mass is 276 g/mol. The Morgan fingerprint density at radius 2 is 2.10 bits per heavy atom. The van der Waals surface area contributed by atoms with E-state index < -0.39 is 5.54 Å². The summed E-state index contributed by atoms with van der Waals surface area (Å²) in [5.41, 5.74) is 6.52. The Morgan fingerprint density at radius 3 is 2.70 bits per heavy atom. The van der Waals surface area contributed by atoms with Crippen molar-refractivity contribution < 1.29 is 9.53 Å². The standard InChI is InChI=1S/C16H24N2O2/c1-12-6-4-5-7-14(12)20-11-10-18(3)15(19)16(2,17)13-8-9-13/h4-7,13H,8-11,17H2,1-3H3. The highest BCUT2D eigenvalue weighted by Gasteiger charge is 2.45. The lowest BCUT2D eigenvalue weighted by Gasteiger charge is -2.29. The average Bonchev–Trinajstić information content (AvgIpc) is 3.24. The number of nitrogens with two attached hydrogens (primary N) is 1. The molecule has 2 rings (SSSR count). The van der Waals surface area contributed by atoms with Gasteiger partial charge in [-0.2, -0.15) is 0 Å². The number of nitrogens with zero attached hydrogens (tertiary/aromatic N) is 1. The molecule has 2 N–H and O–H groups in total. The van der Waals surface area contributed by atoms with Gasteiger partial charge in [-0.05, 0) is 44.2 Å². The third kappa shape index (κ3) is 3.31. The average molecular weight is 276 g/mol. The quantitative estimate of drug-likeness (QED) is 0.864. The van der Waals surface area contributed by atoms with E-state index in [9.17, 15) is 4.79 Å². The highest BCUT2D eigenvalue weighted by atomic mass is 16.5. The zero-order valence-electron chi connectivity index (χ0n) is 12.6. The van der Waals surface area contributed by atoms with Crippen LogP contribution in [0.25, 0.3) is 0 Å². The third-order valence-electron chi connectivity index (χ3n) is 4.01. The van der Waals surface area contributed by atoms with Crippen LogP contribution in [0.2, 0.25) is 0 Å². The zero-order chi connectivity index (χ0) is 14.8. The minimum atomic E-state index is -0.725. The first-order valence-electron chi connectivity index (χ1n) is 7.16. The number of para-hydroxylation sites is 1. The van der Waals surface area contributed by atoms with E-state index in [-0.39, 0.29) is 5.91 Å². The molecule has 1 aromatic carbocycles. The van der Waals surface area contributed by atoms with Crippen molar-refractivity contribution >= 4 is 5.91 Å². The fourth-order valence-electron chi connectivity index (χ4n) is 2.38. The fraction of sp³-hybridized carbons (Fsp3) is 0.562. The molecule has 0 saturated heterocycles. The first-order chi connectivity index (χ1) is 9.43. The third-order valence-corrected chi connectivity index (χ3v) is 4.01. The molecule has 0 aliphatic heterocycles. The van der Waals surface area contributed by atoms with Crippen molar-refractivity contribution in [3.63, 3.8) is 0 Å². The molecule has 1 amide bonds. The topological polar surface area (TPSA) is 55.6 Å². The summed E-state index contributed by atoms with van der Waals surface area (Å²) < 4.78 is 5.71. The molecule has 0 heterocycles. The van der Waals surface area contributed by atoms with Gasteiger partial charge in [0.05, 0.1) is 12.1 Å². The lowest BCUT2D eigenvalue weighted by atomic mass is 9.95. The van der Waals surface area contributed by atoms with E-state index in [1.165, 1.54) is 0 Å². The fourth-order valence-corrected chi connectivity index (χ4v) is 2.38. The molecule has 1 aliphatic rings. The lowest BCUT2D eigenvalue weighted by molar-refractivity contribution is -0.136. The lowest BCUT2D eigenvalue weighted by Crippen LogP contribution is -2.54. The molecule has 1 atom stereocenters. The molecule has 1 fully saturated rings. The Bertz CT molecular complexity index is 481. The minimum absolute atomic E-state index is 0.00776. The van der Waals surface area contributed by atoms with E-state index >= 15 is 0 Å². The summed E-state index contributed by atoms with van der Waals surface area (Å²) in [5.74, 6) is 1.22. The van der Waals surface area contributed by atoms with E-state index in [1.807, 2.05) is 38.1 Å². The number of carbonyl (C=O) groups excluding carboxylic acids is 1. The molecule has 4 heteroatoms. The van der Waals surface area contributed by atoms with Gasteiger partial charge in [0.15, 0.2) is 0 Å². The highest BCUT2D eigenvalue weighted by molar-refractivity contribution is 5.86. The van der Waals surface area contributed by atoms with Gasteiger partial charge in [0.25, 0.3) is 0 Å². The van der Waals surface area contributed by atoms with Crippen molar-refractivity contribution in [1.82, 2.24) is 4.90 Å². The van der Waals surface area contributed by atoms with E-state index in [4.69, 9.17) is 10.5 Å². The van der Waals surface area contributed by atoms with E-state index in [0.717, 1.165) is 24.2 Å². The van der Waals surface area contributed by atoms with Crippen molar-refractivity contribution in [2.45, 2.75) is 32.2 Å². The molecule has 110 valence electrons. The number of benzene rings is 1. The van der Waals surface area contributed by atoms with Gasteiger partial charge in [-0.1, -0.05) is 18.2 Å². The predicted octanol–water partition coefficient (Wildman–Crippen LogP) is 1.96. The van der Waals surface area contributed by atoms with Gasteiger partial charge in [-0.25, -0.2) is 0 Å². The maximum atomic E-state index is 12.3. The van der Waals surface area contributed by atoms with Crippen LogP contribution in [0.15, 0.2) is 24.3 Å². The number of hydrogen-bond acceptors (Lipinski definition) is 3. The number of carbonyl (C=O) groups is 1. The Hall–Kier alpha value is -1.55. The number of hydrogen-bond donors (Lipinski definition) is 1. The number of aryl methyl sites for hydroxylation is 1. The van der Waals surface area contributed by atoms with Crippen LogP contribution in [-0.2, 0) is 4.79 Å². The second-order valence-electron chi connectivity index (χ2n) is 5.90. The Morgan fingerprint density at radius 1 is 1.45 bits per heavy atom. The van der Waals surface area contributed by atoms with Crippen LogP contribution < -0.4 is 10.5 Å². The van der Waals surface area contributed by atoms with Crippen LogP contribution in [0.3, 0.4) is 0 Å². The molecule has 0 radical (unpaired) electrons. The molecule has 1 unspecified atom stereocenters. The number of amides is 1. The molecule has 0 aromatic heterocycles. The van der Waals surface area contributed by atoms with Gasteiger partial charge in [-0.3, -0.25) is 4.79 Å². The van der Waals surface area contributed by atoms with Crippen LogP contribution >= 0.6 is 0 Å². The minimum Gasteiger partial charge on any atom is -0.491 e. The molecule has 1 aromatic rings. The maximum Gasteiger partial charge on any atom is 0.242 e. The van der Waals surface area contributed by atoms with Crippen LogP contribution in [0.1, 0.15) is 25.3 Å². The Balaban J connectivity index is 1.82. The molecule has 4 nitrogen and oxygen atoms in total. The smallest absolute Gasteiger partial charge is 0.242 e. The summed E-state index contributed by atoms with van der Waals surface area (Å²) in [5, 5.41) is 0. The first-order valence-corrected chi connectivity index (χ1v) is 7.16. The molecule has 20 heavy (non-hydrogen) atoms. The molecule has 1 aliphatic carbocycles. The Kier molecular flexibility index (Phi) is 4.33. The van der Waals surface area contributed by atoms with Gasteiger partial charge in [0.1, 0.15) is 12.4 Å². The van der Waals surface area contributed by atoms with Crippen LogP contribution in [-0.4, -0.2) is 36.5 Å². The largest absolute Gasteiger partial charge is 0.491 e. The van der Waals surface area contributed by atoms with Gasteiger partial charge < -0.3 is 15.4 Å². The van der Waals surface area contributed by atoms with Crippen molar-refractivity contribution in [1.29, 1.82) is 0 Å². The molecular weight excluding hydrogens is 252 g/mol. The van der Waals surface area contributed by atoms with Gasteiger partial charge >= 0.3 is 0 Å². The molecule has 1 saturated carbocycles. The summed E-state index contributed by atoms with van der Waals surface area (Å²) >= 11 is 0. The van der Waals surface area contributed by atoms with Gasteiger partial charge in [-0.15, -0.1) is 0 Å². The van der Waals surface area contributed by atoms with Crippen molar-refractivity contribution in [2.75, 3.05) is 20.2 Å². The van der Waals surface area contributed by atoms with Crippen LogP contribution in [0.5, 0.6) is 5.75 Å². The van der Waals surface area contributed by atoms with Crippen LogP contribution in [0, 0.1) is 12.8 Å². The highest BCUT2D eigenvalue weighted by Crippen LogP contribution is 2.38. The van der Waals surface area contributed by atoms with Gasteiger partial charge in [0, 0.05) is 7.05 Å². The molecular formula is C16H24N2O2. The summed E-state index contributed by atoms with van der Waals surface area (Å²) in [6.45, 7) is 4.88. The second kappa shape index (κ2) is 5.83. The van der Waals surface area contributed by atoms with E-state index in [0.29, 0.717) is 19.1 Å². The molecule has 0 bridgehead atoms. The second-order valence-corrected chi connectivity index (χ2v) is 5.90. The van der Waals surface area contributed by atoms with Crippen molar-refractivity contribution in [2.24, 2.45) is 11.7 Å². The maximum absolute atomic E-state index is 12.3. The molecule has 0 spiro atoms. The predicted molar refractivity (Wildman–Crippen MR) is 79.6 cm³/mol. The normalized spacial score (nSPS) is 17.4. The van der Waals surface area contributed by atoms with Crippen molar-refractivity contribution in [3.8, 4) is 5.75 Å². The number of ether oxygens (including phenoxy) is 1.